The standard InChI is InChI=1S/C17H20N6S.2ClH/c1-3-12(10-22-7-2-5-21-22)23(8-1)16-15-13-4-6-18-9-14(13)24-17(15)20-11-19-16;;/h2,5,7,11-12,18H,1,3-4,6,8-10H2;2*1H. The summed E-state index contributed by atoms with van der Waals surface area (Å²) in [7, 11) is 0. The molecule has 2 aliphatic heterocycles. The molecule has 0 spiro atoms. The maximum absolute atomic E-state index is 4.72. The molecule has 2 aliphatic rings. The van der Waals surface area contributed by atoms with Gasteiger partial charge in [-0.2, -0.15) is 5.10 Å². The van der Waals surface area contributed by atoms with Gasteiger partial charge in [0.2, 0.25) is 0 Å². The van der Waals surface area contributed by atoms with E-state index in [1.807, 2.05) is 34.5 Å². The van der Waals surface area contributed by atoms with Gasteiger partial charge in [-0.25, -0.2) is 9.97 Å². The zero-order valence-corrected chi connectivity index (χ0v) is 16.7. The van der Waals surface area contributed by atoms with E-state index in [4.69, 9.17) is 4.98 Å². The van der Waals surface area contributed by atoms with Crippen molar-refractivity contribution >= 4 is 52.2 Å². The molecular formula is C17H22Cl2N6S. The van der Waals surface area contributed by atoms with Gasteiger partial charge in [0, 0.05) is 30.4 Å². The van der Waals surface area contributed by atoms with Crippen LogP contribution < -0.4 is 10.2 Å². The Balaban J connectivity index is 0.000000980. The van der Waals surface area contributed by atoms with Crippen LogP contribution in [0.4, 0.5) is 5.82 Å². The Morgan fingerprint density at radius 2 is 2.19 bits per heavy atom. The number of rotatable bonds is 3. The van der Waals surface area contributed by atoms with E-state index < -0.39 is 0 Å². The first-order valence-electron chi connectivity index (χ1n) is 8.60. The van der Waals surface area contributed by atoms with Crippen molar-refractivity contribution in [3.05, 3.63) is 35.2 Å². The Bertz CT molecular complexity index is 866. The molecule has 1 saturated heterocycles. The molecule has 1 atom stereocenters. The largest absolute Gasteiger partial charge is 0.351 e. The molecule has 1 unspecified atom stereocenters. The van der Waals surface area contributed by atoms with Crippen molar-refractivity contribution in [2.24, 2.45) is 0 Å². The fraction of sp³-hybridized carbons (Fsp3) is 0.471. The van der Waals surface area contributed by atoms with E-state index in [-0.39, 0.29) is 24.8 Å². The molecule has 0 bridgehead atoms. The second-order valence-corrected chi connectivity index (χ2v) is 7.61. The van der Waals surface area contributed by atoms with Crippen LogP contribution in [0.5, 0.6) is 0 Å². The number of hydrogen-bond acceptors (Lipinski definition) is 6. The topological polar surface area (TPSA) is 58.9 Å². The van der Waals surface area contributed by atoms with Crippen LogP contribution in [0.1, 0.15) is 23.3 Å². The van der Waals surface area contributed by atoms with Gasteiger partial charge >= 0.3 is 0 Å². The molecule has 5 heterocycles. The third-order valence-electron chi connectivity index (χ3n) is 5.09. The predicted molar refractivity (Wildman–Crippen MR) is 110 cm³/mol. The number of halogens is 2. The van der Waals surface area contributed by atoms with Gasteiger partial charge in [0.25, 0.3) is 0 Å². The summed E-state index contributed by atoms with van der Waals surface area (Å²) in [5.74, 6) is 1.13. The highest BCUT2D eigenvalue weighted by atomic mass is 35.5. The van der Waals surface area contributed by atoms with Crippen molar-refractivity contribution in [3.8, 4) is 0 Å². The number of hydrogen-bond donors (Lipinski definition) is 1. The minimum atomic E-state index is 0. The first-order chi connectivity index (χ1) is 11.9. The van der Waals surface area contributed by atoms with Crippen molar-refractivity contribution in [1.82, 2.24) is 25.1 Å². The average Bonchev–Trinajstić information content (AvgIpc) is 3.34. The number of aromatic nitrogens is 4. The summed E-state index contributed by atoms with van der Waals surface area (Å²) in [5, 5.41) is 9.15. The molecule has 1 fully saturated rings. The molecule has 1 N–H and O–H groups in total. The zero-order valence-electron chi connectivity index (χ0n) is 14.3. The van der Waals surface area contributed by atoms with Crippen LogP contribution in [0.2, 0.25) is 0 Å². The van der Waals surface area contributed by atoms with Gasteiger partial charge in [-0.05, 0) is 37.4 Å². The number of nitrogens with one attached hydrogen (secondary N) is 1. The molecule has 140 valence electrons. The van der Waals surface area contributed by atoms with Gasteiger partial charge in [0.15, 0.2) is 0 Å². The SMILES string of the molecule is Cl.Cl.c1cnn(CC2CCCN2c2ncnc3sc4c(c23)CCNC4)c1. The Morgan fingerprint density at radius 3 is 3.04 bits per heavy atom. The van der Waals surface area contributed by atoms with Gasteiger partial charge in [0.1, 0.15) is 17.0 Å². The third-order valence-corrected chi connectivity index (χ3v) is 6.23. The molecule has 0 aliphatic carbocycles. The lowest BCUT2D eigenvalue weighted by molar-refractivity contribution is 0.508. The molecule has 9 heteroatoms. The predicted octanol–water partition coefficient (Wildman–Crippen LogP) is 3.05. The van der Waals surface area contributed by atoms with Crippen LogP contribution in [-0.4, -0.2) is 38.9 Å². The van der Waals surface area contributed by atoms with E-state index in [9.17, 15) is 0 Å². The monoisotopic (exact) mass is 412 g/mol. The van der Waals surface area contributed by atoms with Gasteiger partial charge < -0.3 is 10.2 Å². The van der Waals surface area contributed by atoms with Crippen LogP contribution in [0, 0.1) is 0 Å². The maximum Gasteiger partial charge on any atom is 0.141 e. The second kappa shape index (κ2) is 8.08. The molecule has 0 radical (unpaired) electrons. The Morgan fingerprint density at radius 1 is 1.27 bits per heavy atom. The van der Waals surface area contributed by atoms with Gasteiger partial charge in [-0.3, -0.25) is 4.68 Å². The lowest BCUT2D eigenvalue weighted by atomic mass is 10.1. The highest BCUT2D eigenvalue weighted by Gasteiger charge is 2.30. The third kappa shape index (κ3) is 3.29. The fourth-order valence-electron chi connectivity index (χ4n) is 3.99. The van der Waals surface area contributed by atoms with Crippen molar-refractivity contribution in [3.63, 3.8) is 0 Å². The Kier molecular flexibility index (Phi) is 6.02. The van der Waals surface area contributed by atoms with Crippen LogP contribution in [0.25, 0.3) is 10.2 Å². The first kappa shape index (κ1) is 19.4. The van der Waals surface area contributed by atoms with Crippen molar-refractivity contribution in [2.45, 2.75) is 38.4 Å². The molecule has 26 heavy (non-hydrogen) atoms. The maximum atomic E-state index is 4.72. The summed E-state index contributed by atoms with van der Waals surface area (Å²) in [6.07, 6.45) is 9.11. The quantitative estimate of drug-likeness (QED) is 0.715. The molecule has 6 nitrogen and oxygen atoms in total. The van der Waals surface area contributed by atoms with Gasteiger partial charge in [-0.15, -0.1) is 36.2 Å². The van der Waals surface area contributed by atoms with E-state index in [0.29, 0.717) is 6.04 Å². The lowest BCUT2D eigenvalue weighted by Gasteiger charge is -2.27. The normalized spacial score (nSPS) is 19.1. The van der Waals surface area contributed by atoms with E-state index in [2.05, 4.69) is 20.3 Å². The lowest BCUT2D eigenvalue weighted by Crippen LogP contribution is -2.34. The highest BCUT2D eigenvalue weighted by Crippen LogP contribution is 2.39. The van der Waals surface area contributed by atoms with E-state index in [0.717, 1.165) is 43.2 Å². The smallest absolute Gasteiger partial charge is 0.141 e. The number of anilines is 1. The van der Waals surface area contributed by atoms with E-state index in [1.54, 1.807) is 6.33 Å². The van der Waals surface area contributed by atoms with Crippen LogP contribution in [-0.2, 0) is 19.5 Å². The van der Waals surface area contributed by atoms with Crippen molar-refractivity contribution in [1.29, 1.82) is 0 Å². The highest BCUT2D eigenvalue weighted by molar-refractivity contribution is 7.19. The Labute approximate surface area is 168 Å². The second-order valence-electron chi connectivity index (χ2n) is 6.53. The molecular weight excluding hydrogens is 391 g/mol. The minimum Gasteiger partial charge on any atom is -0.351 e. The van der Waals surface area contributed by atoms with E-state index >= 15 is 0 Å². The number of thiophene rings is 1. The fourth-order valence-corrected chi connectivity index (χ4v) is 5.14. The average molecular weight is 413 g/mol. The molecule has 3 aromatic heterocycles. The molecule has 5 rings (SSSR count). The first-order valence-corrected chi connectivity index (χ1v) is 9.42. The minimum absolute atomic E-state index is 0. The summed E-state index contributed by atoms with van der Waals surface area (Å²) in [6, 6.07) is 2.45. The summed E-state index contributed by atoms with van der Waals surface area (Å²) < 4.78 is 2.04. The summed E-state index contributed by atoms with van der Waals surface area (Å²) in [6.45, 7) is 4.00. The van der Waals surface area contributed by atoms with Crippen molar-refractivity contribution in [2.75, 3.05) is 18.0 Å². The van der Waals surface area contributed by atoms with E-state index in [1.165, 1.54) is 28.7 Å². The van der Waals surface area contributed by atoms with Gasteiger partial charge in [-0.1, -0.05) is 0 Å². The molecule has 0 amide bonds. The molecule has 3 aromatic rings. The summed E-state index contributed by atoms with van der Waals surface area (Å²) in [5.41, 5.74) is 1.47. The van der Waals surface area contributed by atoms with Crippen molar-refractivity contribution < 1.29 is 0 Å². The zero-order chi connectivity index (χ0) is 15.9. The van der Waals surface area contributed by atoms with Crippen LogP contribution >= 0.6 is 36.2 Å². The summed E-state index contributed by atoms with van der Waals surface area (Å²) in [4.78, 5) is 14.3. The molecule has 0 saturated carbocycles. The number of fused-ring (bicyclic) bond motifs is 3. The summed E-state index contributed by atoms with van der Waals surface area (Å²) >= 11 is 1.82. The number of nitrogens with zero attached hydrogens (tertiary/aromatic N) is 5. The molecule has 0 aromatic carbocycles. The van der Waals surface area contributed by atoms with Crippen LogP contribution in [0.15, 0.2) is 24.8 Å². The Hall–Kier alpha value is -1.41. The van der Waals surface area contributed by atoms with Gasteiger partial charge in [0.05, 0.1) is 18.0 Å². The van der Waals surface area contributed by atoms with Crippen LogP contribution in [0.3, 0.4) is 0 Å².